The molecule has 0 saturated heterocycles. The number of pyridine rings is 1. The molecule has 1 N–H and O–H groups in total. The number of aromatic nitrogens is 1. The molecule has 2 aromatic carbocycles. The molecule has 0 aliphatic carbocycles. The summed E-state index contributed by atoms with van der Waals surface area (Å²) in [5, 5.41) is 4.14. The molecule has 0 aliphatic rings. The van der Waals surface area contributed by atoms with Gasteiger partial charge < -0.3 is 9.47 Å². The highest BCUT2D eigenvalue weighted by Crippen LogP contribution is 2.34. The number of halogens is 3. The van der Waals surface area contributed by atoms with Crippen LogP contribution in [0.1, 0.15) is 28.4 Å². The van der Waals surface area contributed by atoms with E-state index in [0.29, 0.717) is 24.7 Å². The summed E-state index contributed by atoms with van der Waals surface area (Å²) in [5.41, 5.74) is 4.50. The van der Waals surface area contributed by atoms with Crippen molar-refractivity contribution in [3.63, 3.8) is 0 Å². The van der Waals surface area contributed by atoms with Crippen LogP contribution in [0.5, 0.6) is 11.5 Å². The Morgan fingerprint density at radius 3 is 2.74 bits per heavy atom. The van der Waals surface area contributed by atoms with Crippen LogP contribution in [0.2, 0.25) is 5.15 Å². The van der Waals surface area contributed by atoms with Crippen LogP contribution in [-0.4, -0.2) is 23.7 Å². The first kappa shape index (κ1) is 23.5. The molecular formula is C22H18BrClIN3O3. The number of nitrogens with one attached hydrogen (secondary N) is 1. The zero-order valence-corrected chi connectivity index (χ0v) is 20.9. The summed E-state index contributed by atoms with van der Waals surface area (Å²) in [4.78, 5) is 16.1. The molecule has 0 aliphatic heterocycles. The van der Waals surface area contributed by atoms with Crippen LogP contribution in [0, 0.1) is 3.57 Å². The van der Waals surface area contributed by atoms with Crippen LogP contribution >= 0.6 is 50.1 Å². The molecule has 1 amide bonds. The number of carbonyl (C=O) groups excluding carboxylic acids is 1. The van der Waals surface area contributed by atoms with Gasteiger partial charge in [0.1, 0.15) is 11.8 Å². The fourth-order valence-corrected chi connectivity index (χ4v) is 3.83. The maximum atomic E-state index is 12.2. The van der Waals surface area contributed by atoms with Crippen molar-refractivity contribution >= 4 is 62.2 Å². The number of ether oxygens (including phenoxy) is 2. The number of amides is 1. The minimum absolute atomic E-state index is 0.121. The largest absolute Gasteiger partial charge is 0.490 e. The number of carbonyl (C=O) groups is 1. The maximum Gasteiger partial charge on any atom is 0.274 e. The number of nitrogens with zero attached hydrogens (tertiary/aromatic N) is 2. The predicted octanol–water partition coefficient (Wildman–Crippen LogP) is 5.84. The average molecular weight is 615 g/mol. The molecule has 1 heterocycles. The summed E-state index contributed by atoms with van der Waals surface area (Å²) in [7, 11) is 0. The second-order valence-corrected chi connectivity index (χ2v) is 8.65. The van der Waals surface area contributed by atoms with Crippen molar-refractivity contribution in [3.8, 4) is 11.5 Å². The lowest BCUT2D eigenvalue weighted by Gasteiger charge is -2.15. The number of rotatable bonds is 8. The predicted molar refractivity (Wildman–Crippen MR) is 133 cm³/mol. The zero-order valence-electron chi connectivity index (χ0n) is 16.4. The van der Waals surface area contributed by atoms with E-state index < -0.39 is 5.91 Å². The second kappa shape index (κ2) is 11.4. The fraction of sp³-hybridized carbons (Fsp3) is 0.136. The quantitative estimate of drug-likeness (QED) is 0.150. The molecule has 31 heavy (non-hydrogen) atoms. The van der Waals surface area contributed by atoms with E-state index in [-0.39, 0.29) is 10.7 Å². The van der Waals surface area contributed by atoms with E-state index in [4.69, 9.17) is 21.1 Å². The third kappa shape index (κ3) is 6.65. The first-order valence-corrected chi connectivity index (χ1v) is 11.5. The monoisotopic (exact) mass is 613 g/mol. The van der Waals surface area contributed by atoms with Crippen LogP contribution in [0.3, 0.4) is 0 Å². The van der Waals surface area contributed by atoms with Gasteiger partial charge in [-0.1, -0.05) is 39.7 Å². The molecule has 3 rings (SSSR count). The topological polar surface area (TPSA) is 72.8 Å². The van der Waals surface area contributed by atoms with Crippen molar-refractivity contribution < 1.29 is 14.3 Å². The Bertz CT molecular complexity index is 1090. The molecule has 1 aromatic heterocycles. The van der Waals surface area contributed by atoms with Crippen molar-refractivity contribution in [2.45, 2.75) is 13.5 Å². The van der Waals surface area contributed by atoms with E-state index in [0.717, 1.165) is 19.2 Å². The van der Waals surface area contributed by atoms with E-state index in [2.05, 4.69) is 54.0 Å². The summed E-state index contributed by atoms with van der Waals surface area (Å²) in [6.07, 6.45) is 3.05. The van der Waals surface area contributed by atoms with Gasteiger partial charge in [-0.05, 0) is 77.0 Å². The molecule has 6 nitrogen and oxygen atoms in total. The van der Waals surface area contributed by atoms with Crippen LogP contribution < -0.4 is 14.9 Å². The lowest BCUT2D eigenvalue weighted by Crippen LogP contribution is -2.18. The molecule has 0 saturated carbocycles. The highest BCUT2D eigenvalue weighted by molar-refractivity contribution is 14.1. The fourth-order valence-electron chi connectivity index (χ4n) is 2.58. The highest BCUT2D eigenvalue weighted by Gasteiger charge is 2.13. The van der Waals surface area contributed by atoms with Gasteiger partial charge >= 0.3 is 0 Å². The zero-order chi connectivity index (χ0) is 22.2. The van der Waals surface area contributed by atoms with Crippen LogP contribution in [-0.2, 0) is 6.61 Å². The van der Waals surface area contributed by atoms with Gasteiger partial charge in [0.05, 0.1) is 22.0 Å². The van der Waals surface area contributed by atoms with Gasteiger partial charge in [0, 0.05) is 10.7 Å². The number of hydrazone groups is 1. The molecule has 0 radical (unpaired) electrons. The second-order valence-electron chi connectivity index (χ2n) is 6.22. The molecule has 0 unspecified atom stereocenters. The minimum atomic E-state index is -0.441. The maximum absolute atomic E-state index is 12.2. The summed E-state index contributed by atoms with van der Waals surface area (Å²) in [5.74, 6) is 0.826. The number of hydrogen-bond acceptors (Lipinski definition) is 5. The third-order valence-corrected chi connectivity index (χ3v) is 5.64. The van der Waals surface area contributed by atoms with Crippen molar-refractivity contribution in [3.05, 3.63) is 84.6 Å². The Labute approximate surface area is 207 Å². The van der Waals surface area contributed by atoms with E-state index >= 15 is 0 Å². The Kier molecular flexibility index (Phi) is 8.68. The summed E-state index contributed by atoms with van der Waals surface area (Å²) in [6, 6.07) is 14.9. The van der Waals surface area contributed by atoms with Gasteiger partial charge in [0.2, 0.25) is 0 Å². The minimum Gasteiger partial charge on any atom is -0.490 e. The molecule has 0 bridgehead atoms. The number of hydrogen-bond donors (Lipinski definition) is 1. The Morgan fingerprint density at radius 1 is 1.26 bits per heavy atom. The lowest BCUT2D eigenvalue weighted by molar-refractivity contribution is 0.0955. The molecule has 160 valence electrons. The van der Waals surface area contributed by atoms with Crippen molar-refractivity contribution in [2.75, 3.05) is 6.61 Å². The van der Waals surface area contributed by atoms with Crippen LogP contribution in [0.25, 0.3) is 0 Å². The van der Waals surface area contributed by atoms with Crippen molar-refractivity contribution in [2.24, 2.45) is 5.10 Å². The molecule has 0 fully saturated rings. The average Bonchev–Trinajstić information content (AvgIpc) is 2.75. The summed E-state index contributed by atoms with van der Waals surface area (Å²) >= 11 is 11.6. The highest BCUT2D eigenvalue weighted by atomic mass is 127. The van der Waals surface area contributed by atoms with Crippen molar-refractivity contribution in [1.82, 2.24) is 10.4 Å². The Hall–Kier alpha value is -2.17. The summed E-state index contributed by atoms with van der Waals surface area (Å²) < 4.78 is 13.7. The Balaban J connectivity index is 1.73. The van der Waals surface area contributed by atoms with E-state index in [1.165, 1.54) is 12.4 Å². The lowest BCUT2D eigenvalue weighted by atomic mass is 10.2. The first-order valence-electron chi connectivity index (χ1n) is 9.25. The van der Waals surface area contributed by atoms with Gasteiger partial charge in [-0.3, -0.25) is 4.79 Å². The van der Waals surface area contributed by atoms with Gasteiger partial charge in [-0.15, -0.1) is 0 Å². The van der Waals surface area contributed by atoms with Gasteiger partial charge in [0.15, 0.2) is 11.5 Å². The van der Waals surface area contributed by atoms with Gasteiger partial charge in [0.25, 0.3) is 5.91 Å². The third-order valence-electron chi connectivity index (χ3n) is 4.01. The van der Waals surface area contributed by atoms with Crippen LogP contribution in [0.15, 0.2) is 64.3 Å². The van der Waals surface area contributed by atoms with E-state index in [1.54, 1.807) is 12.1 Å². The molecule has 9 heteroatoms. The van der Waals surface area contributed by atoms with Crippen LogP contribution in [0.4, 0.5) is 0 Å². The smallest absolute Gasteiger partial charge is 0.274 e. The van der Waals surface area contributed by atoms with E-state index in [1.807, 2.05) is 43.3 Å². The SMILES string of the molecule is CCOc1cc(C=NNC(=O)c2cccnc2Cl)cc(I)c1OCc1ccc(Br)cc1. The normalized spacial score (nSPS) is 10.8. The molecule has 3 aromatic rings. The van der Waals surface area contributed by atoms with Crippen molar-refractivity contribution in [1.29, 1.82) is 0 Å². The summed E-state index contributed by atoms with van der Waals surface area (Å²) in [6.45, 7) is 2.81. The Morgan fingerprint density at radius 2 is 2.03 bits per heavy atom. The number of benzene rings is 2. The van der Waals surface area contributed by atoms with Gasteiger partial charge in [-0.25, -0.2) is 10.4 Å². The first-order chi connectivity index (χ1) is 15.0. The van der Waals surface area contributed by atoms with E-state index in [9.17, 15) is 4.79 Å². The molecule has 0 spiro atoms. The molecule has 0 atom stereocenters. The standard InChI is InChI=1S/C22H18BrClIN3O3/c1-2-30-19-11-15(12-27-28-22(29)17-4-3-9-26-21(17)24)10-18(25)20(19)31-13-14-5-7-16(23)8-6-14/h3-12H,2,13H2,1H3,(H,28,29). The van der Waals surface area contributed by atoms with Gasteiger partial charge in [-0.2, -0.15) is 5.10 Å². The molecular weight excluding hydrogens is 597 g/mol.